The maximum Gasteiger partial charge on any atom is 0.240 e. The predicted octanol–water partition coefficient (Wildman–Crippen LogP) is 5.63. The highest BCUT2D eigenvalue weighted by Gasteiger charge is 2.60. The highest BCUT2D eigenvalue weighted by Crippen LogP contribution is 2.56. The minimum absolute atomic E-state index is 0.178. The van der Waals surface area contributed by atoms with Gasteiger partial charge in [-0.05, 0) is 86.0 Å². The first-order valence-corrected chi connectivity index (χ1v) is 12.4. The monoisotopic (exact) mass is 472 g/mol. The average molecular weight is 473 g/mol. The summed E-state index contributed by atoms with van der Waals surface area (Å²) in [6, 6.07) is 14.2. The van der Waals surface area contributed by atoms with Crippen molar-refractivity contribution in [2.45, 2.75) is 49.5 Å². The molecule has 0 radical (unpaired) electrons. The molecular formula is C26H30Cl2N2O2. The zero-order valence-electron chi connectivity index (χ0n) is 18.4. The van der Waals surface area contributed by atoms with Gasteiger partial charge in [-0.2, -0.15) is 0 Å². The number of benzene rings is 2. The molecule has 6 heteroatoms. The van der Waals surface area contributed by atoms with E-state index in [-0.39, 0.29) is 23.7 Å². The summed E-state index contributed by atoms with van der Waals surface area (Å²) in [5, 5.41) is 4.66. The van der Waals surface area contributed by atoms with Crippen molar-refractivity contribution in [3.63, 3.8) is 0 Å². The maximum absolute atomic E-state index is 13.5. The van der Waals surface area contributed by atoms with Gasteiger partial charge in [-0.25, -0.2) is 0 Å². The molecule has 0 spiro atoms. The third-order valence-corrected chi connectivity index (χ3v) is 8.45. The molecule has 0 bridgehead atoms. The molecule has 4 atom stereocenters. The molecule has 0 aromatic heterocycles. The summed E-state index contributed by atoms with van der Waals surface area (Å²) in [7, 11) is 1.70. The van der Waals surface area contributed by atoms with E-state index in [1.807, 2.05) is 24.3 Å². The van der Waals surface area contributed by atoms with Crippen molar-refractivity contribution in [1.29, 1.82) is 0 Å². The number of nitrogens with zero attached hydrogens (tertiary/aromatic N) is 1. The predicted molar refractivity (Wildman–Crippen MR) is 129 cm³/mol. The Kier molecular flexibility index (Phi) is 6.13. The lowest BCUT2D eigenvalue weighted by Crippen LogP contribution is -2.62. The number of rotatable bonds is 4. The molecule has 1 amide bonds. The molecule has 1 aliphatic carbocycles. The third-order valence-electron chi connectivity index (χ3n) is 7.96. The molecule has 2 aromatic rings. The normalized spacial score (nSPS) is 30.6. The van der Waals surface area contributed by atoms with Gasteiger partial charge < -0.3 is 10.1 Å². The van der Waals surface area contributed by atoms with Gasteiger partial charge in [0.2, 0.25) is 5.91 Å². The van der Waals surface area contributed by atoms with Crippen LogP contribution in [-0.2, 0) is 4.79 Å². The number of halogens is 2. The Morgan fingerprint density at radius 3 is 2.47 bits per heavy atom. The fraction of sp³-hybridized carbons (Fsp3) is 0.500. The van der Waals surface area contributed by atoms with Crippen molar-refractivity contribution >= 4 is 29.1 Å². The minimum Gasteiger partial charge on any atom is -0.496 e. The van der Waals surface area contributed by atoms with Crippen molar-refractivity contribution in [2.24, 2.45) is 5.92 Å². The first kappa shape index (κ1) is 22.1. The quantitative estimate of drug-likeness (QED) is 0.626. The lowest BCUT2D eigenvalue weighted by atomic mass is 9.59. The summed E-state index contributed by atoms with van der Waals surface area (Å²) < 4.78 is 5.76. The Morgan fingerprint density at radius 1 is 1.03 bits per heavy atom. The minimum atomic E-state index is -0.430. The van der Waals surface area contributed by atoms with Crippen LogP contribution in [0.3, 0.4) is 0 Å². The van der Waals surface area contributed by atoms with Crippen LogP contribution in [0.25, 0.3) is 0 Å². The van der Waals surface area contributed by atoms with E-state index in [4.69, 9.17) is 27.9 Å². The number of carbonyl (C=O) groups is 1. The van der Waals surface area contributed by atoms with Crippen molar-refractivity contribution in [3.05, 3.63) is 63.6 Å². The van der Waals surface area contributed by atoms with Crippen LogP contribution in [0.5, 0.6) is 5.75 Å². The van der Waals surface area contributed by atoms with Gasteiger partial charge in [-0.3, -0.25) is 9.69 Å². The summed E-state index contributed by atoms with van der Waals surface area (Å²) in [5.74, 6) is 1.64. The molecule has 2 heterocycles. The van der Waals surface area contributed by atoms with Gasteiger partial charge in [0, 0.05) is 22.5 Å². The number of piperidine rings is 1. The third kappa shape index (κ3) is 3.61. The van der Waals surface area contributed by atoms with Gasteiger partial charge in [-0.15, -0.1) is 0 Å². The molecule has 0 unspecified atom stereocenters. The van der Waals surface area contributed by atoms with E-state index in [1.54, 1.807) is 7.11 Å². The molecule has 5 rings (SSSR count). The lowest BCUT2D eigenvalue weighted by Gasteiger charge is -2.52. The van der Waals surface area contributed by atoms with Gasteiger partial charge in [0.05, 0.1) is 7.11 Å². The number of carbonyl (C=O) groups excluding carboxylic acids is 1. The largest absolute Gasteiger partial charge is 0.496 e. The summed E-state index contributed by atoms with van der Waals surface area (Å²) in [6.45, 7) is 2.72. The van der Waals surface area contributed by atoms with Crippen LogP contribution in [0.15, 0.2) is 42.5 Å². The molecule has 3 fully saturated rings. The Hall–Kier alpha value is -1.75. The first-order valence-electron chi connectivity index (χ1n) is 11.7. The zero-order valence-corrected chi connectivity index (χ0v) is 20.0. The molecule has 32 heavy (non-hydrogen) atoms. The topological polar surface area (TPSA) is 41.6 Å². The van der Waals surface area contributed by atoms with Gasteiger partial charge in [0.1, 0.15) is 11.3 Å². The molecule has 1 N–H and O–H groups in total. The van der Waals surface area contributed by atoms with E-state index < -0.39 is 5.54 Å². The van der Waals surface area contributed by atoms with E-state index in [1.165, 1.54) is 30.4 Å². The van der Waals surface area contributed by atoms with Crippen molar-refractivity contribution in [3.8, 4) is 5.75 Å². The number of hydrogen-bond acceptors (Lipinski definition) is 3. The second-order valence-electron chi connectivity index (χ2n) is 9.40. The van der Waals surface area contributed by atoms with Gasteiger partial charge in [0.25, 0.3) is 0 Å². The Morgan fingerprint density at radius 2 is 1.75 bits per heavy atom. The van der Waals surface area contributed by atoms with E-state index >= 15 is 0 Å². The standard InChI is InChI=1S/C26H30Cl2N2O2/c1-32-23-15-19(28)9-10-20(23)21-11-12-26(30-13-3-2-4-14-30)22(16-29-25(26)31)24(21)17-5-7-18(27)8-6-17/h5-10,15,21-22,24H,2-4,11-14,16H2,1H3,(H,29,31)/t21-,22-,24-,26-/m0/s1. The molecule has 4 nitrogen and oxygen atoms in total. The van der Waals surface area contributed by atoms with Crippen LogP contribution in [0.1, 0.15) is 55.1 Å². The van der Waals surface area contributed by atoms with Crippen molar-refractivity contribution < 1.29 is 9.53 Å². The van der Waals surface area contributed by atoms with Crippen LogP contribution in [0.2, 0.25) is 10.0 Å². The fourth-order valence-electron chi connectivity index (χ4n) is 6.57. The Labute approximate surface area is 200 Å². The molecule has 2 aliphatic heterocycles. The number of methoxy groups -OCH3 is 1. The summed E-state index contributed by atoms with van der Waals surface area (Å²) in [4.78, 5) is 16.0. The molecule has 3 aliphatic rings. The van der Waals surface area contributed by atoms with Crippen molar-refractivity contribution in [1.82, 2.24) is 10.2 Å². The van der Waals surface area contributed by atoms with Gasteiger partial charge in [0.15, 0.2) is 0 Å². The highest BCUT2D eigenvalue weighted by molar-refractivity contribution is 6.31. The first-order chi connectivity index (χ1) is 15.5. The van der Waals surface area contributed by atoms with E-state index in [0.717, 1.165) is 36.7 Å². The summed E-state index contributed by atoms with van der Waals surface area (Å²) in [5.41, 5.74) is 1.98. The second kappa shape index (κ2) is 8.89. The zero-order chi connectivity index (χ0) is 22.3. The number of hydrogen-bond donors (Lipinski definition) is 1. The smallest absolute Gasteiger partial charge is 0.240 e. The second-order valence-corrected chi connectivity index (χ2v) is 10.3. The highest BCUT2D eigenvalue weighted by atomic mass is 35.5. The molecule has 2 aromatic carbocycles. The number of nitrogens with one attached hydrogen (secondary N) is 1. The van der Waals surface area contributed by atoms with Gasteiger partial charge in [-0.1, -0.05) is 47.8 Å². The van der Waals surface area contributed by atoms with Crippen molar-refractivity contribution in [2.75, 3.05) is 26.7 Å². The van der Waals surface area contributed by atoms with Crippen LogP contribution in [-0.4, -0.2) is 43.1 Å². The van der Waals surface area contributed by atoms with E-state index in [9.17, 15) is 4.79 Å². The summed E-state index contributed by atoms with van der Waals surface area (Å²) in [6.07, 6.45) is 5.38. The number of likely N-dealkylation sites (tertiary alicyclic amines) is 1. The van der Waals surface area contributed by atoms with E-state index in [2.05, 4.69) is 28.4 Å². The van der Waals surface area contributed by atoms with Crippen LogP contribution < -0.4 is 10.1 Å². The molecular weight excluding hydrogens is 443 g/mol. The van der Waals surface area contributed by atoms with Crippen LogP contribution >= 0.6 is 23.2 Å². The molecule has 2 saturated heterocycles. The maximum atomic E-state index is 13.5. The van der Waals surface area contributed by atoms with E-state index in [0.29, 0.717) is 11.6 Å². The molecule has 170 valence electrons. The fourth-order valence-corrected chi connectivity index (χ4v) is 6.86. The number of fused-ring (bicyclic) bond motifs is 1. The Bertz CT molecular complexity index is 990. The lowest BCUT2D eigenvalue weighted by molar-refractivity contribution is -0.135. The van der Waals surface area contributed by atoms with Crippen LogP contribution in [0, 0.1) is 5.92 Å². The Balaban J connectivity index is 1.62. The van der Waals surface area contributed by atoms with Gasteiger partial charge >= 0.3 is 0 Å². The number of amides is 1. The van der Waals surface area contributed by atoms with Crippen LogP contribution in [0.4, 0.5) is 0 Å². The SMILES string of the molecule is COc1cc(Cl)ccc1[C@@H]1CC[C@@]2(N3CCCCC3)C(=O)NC[C@H]2[C@H]1c1ccc(Cl)cc1. The summed E-state index contributed by atoms with van der Waals surface area (Å²) >= 11 is 12.5. The number of ether oxygens (including phenoxy) is 1. The molecule has 1 saturated carbocycles. The average Bonchev–Trinajstić information content (AvgIpc) is 3.17.